The fourth-order valence-electron chi connectivity index (χ4n) is 3.89. The van der Waals surface area contributed by atoms with E-state index in [9.17, 15) is 10.1 Å². The number of piperidine rings is 1. The van der Waals surface area contributed by atoms with E-state index in [0.717, 1.165) is 49.4 Å². The Bertz CT molecular complexity index is 936. The number of hydrogen-bond acceptors (Lipinski definition) is 4. The van der Waals surface area contributed by atoms with Crippen molar-refractivity contribution < 1.29 is 9.53 Å². The maximum absolute atomic E-state index is 11.2. The molecule has 1 aliphatic rings. The predicted octanol–water partition coefficient (Wildman–Crippen LogP) is 4.84. The van der Waals surface area contributed by atoms with Crippen LogP contribution in [0.3, 0.4) is 0 Å². The fourth-order valence-corrected chi connectivity index (χ4v) is 3.89. The lowest BCUT2D eigenvalue weighted by Gasteiger charge is -2.34. The molecule has 1 N–H and O–H groups in total. The quantitative estimate of drug-likeness (QED) is 0.719. The van der Waals surface area contributed by atoms with Gasteiger partial charge in [-0.25, -0.2) is 0 Å². The zero-order valence-electron chi connectivity index (χ0n) is 17.8. The van der Waals surface area contributed by atoms with Crippen LogP contribution in [0.5, 0.6) is 5.75 Å². The van der Waals surface area contributed by atoms with Gasteiger partial charge in [-0.3, -0.25) is 4.79 Å². The van der Waals surface area contributed by atoms with Crippen molar-refractivity contribution in [2.24, 2.45) is 0 Å². The Balaban J connectivity index is 1.63. The first-order chi connectivity index (χ1) is 14.5. The molecule has 0 atom stereocenters. The lowest BCUT2D eigenvalue weighted by molar-refractivity contribution is -0.117. The van der Waals surface area contributed by atoms with Crippen molar-refractivity contribution in [3.63, 3.8) is 0 Å². The number of anilines is 1. The molecule has 1 heterocycles. The van der Waals surface area contributed by atoms with E-state index in [1.165, 1.54) is 12.5 Å². The summed E-state index contributed by atoms with van der Waals surface area (Å²) in [7, 11) is 0. The third-order valence-corrected chi connectivity index (χ3v) is 5.45. The second-order valence-corrected chi connectivity index (χ2v) is 7.68. The number of carbonyl (C=O) groups excluding carboxylic acids is 1. The van der Waals surface area contributed by atoms with Gasteiger partial charge in [-0.15, -0.1) is 0 Å². The average Bonchev–Trinajstić information content (AvgIpc) is 2.77. The van der Waals surface area contributed by atoms with Crippen LogP contribution in [0.15, 0.2) is 49.0 Å². The molecule has 0 aliphatic carbocycles. The fraction of sp³-hybridized carbons (Fsp3) is 0.360. The van der Waals surface area contributed by atoms with Gasteiger partial charge < -0.3 is 15.0 Å². The minimum atomic E-state index is -0.113. The lowest BCUT2D eigenvalue weighted by Crippen LogP contribution is -2.33. The molecule has 5 nitrogen and oxygen atoms in total. The Labute approximate surface area is 179 Å². The van der Waals surface area contributed by atoms with Crippen molar-refractivity contribution in [1.29, 1.82) is 5.26 Å². The summed E-state index contributed by atoms with van der Waals surface area (Å²) in [6, 6.07) is 16.4. The Kier molecular flexibility index (Phi) is 7.13. The molecule has 2 aromatic carbocycles. The summed E-state index contributed by atoms with van der Waals surface area (Å²) in [5.41, 5.74) is 4.51. The molecular weight excluding hydrogens is 374 g/mol. The van der Waals surface area contributed by atoms with Crippen molar-refractivity contribution in [2.75, 3.05) is 24.6 Å². The van der Waals surface area contributed by atoms with Gasteiger partial charge in [0.2, 0.25) is 5.91 Å². The van der Waals surface area contributed by atoms with Crippen molar-refractivity contribution in [1.82, 2.24) is 5.32 Å². The molecule has 5 heteroatoms. The molecule has 0 radical (unpaired) electrons. The van der Waals surface area contributed by atoms with Gasteiger partial charge in [0.1, 0.15) is 11.8 Å². The van der Waals surface area contributed by atoms with Gasteiger partial charge in [0.05, 0.1) is 17.9 Å². The number of carbonyl (C=O) groups is 1. The van der Waals surface area contributed by atoms with E-state index < -0.39 is 0 Å². The highest BCUT2D eigenvalue weighted by molar-refractivity contribution is 5.84. The highest BCUT2D eigenvalue weighted by Crippen LogP contribution is 2.33. The van der Waals surface area contributed by atoms with Crippen LogP contribution in [0, 0.1) is 11.3 Å². The van der Waals surface area contributed by atoms with Gasteiger partial charge >= 0.3 is 0 Å². The monoisotopic (exact) mass is 403 g/mol. The molecule has 1 fully saturated rings. The Morgan fingerprint density at radius 1 is 1.23 bits per heavy atom. The van der Waals surface area contributed by atoms with Gasteiger partial charge in [-0.2, -0.15) is 5.26 Å². The van der Waals surface area contributed by atoms with Gasteiger partial charge in [0.15, 0.2) is 0 Å². The van der Waals surface area contributed by atoms with Gasteiger partial charge in [-0.05, 0) is 54.5 Å². The Hall–Kier alpha value is -3.26. The second kappa shape index (κ2) is 9.98. The minimum Gasteiger partial charge on any atom is -0.494 e. The van der Waals surface area contributed by atoms with Crippen LogP contribution < -0.4 is 15.0 Å². The van der Waals surface area contributed by atoms with E-state index in [4.69, 9.17) is 4.74 Å². The number of nitriles is 1. The number of ether oxygens (including phenoxy) is 1. The summed E-state index contributed by atoms with van der Waals surface area (Å²) in [5.74, 6) is 1.13. The molecule has 1 amide bonds. The summed E-state index contributed by atoms with van der Waals surface area (Å²) >= 11 is 0. The summed E-state index contributed by atoms with van der Waals surface area (Å²) in [6.07, 6.45) is 3.01. The van der Waals surface area contributed by atoms with E-state index in [-0.39, 0.29) is 5.91 Å². The van der Waals surface area contributed by atoms with Crippen molar-refractivity contribution in [3.8, 4) is 11.8 Å². The van der Waals surface area contributed by atoms with Gasteiger partial charge in [-0.1, -0.05) is 37.8 Å². The SMILES string of the molecule is C=C(NC(C)=O)c1ccc(C2CCN(c3ccc(OCCC)cc3C#N)CC2)cc1. The zero-order valence-corrected chi connectivity index (χ0v) is 17.8. The van der Waals surface area contributed by atoms with E-state index in [0.29, 0.717) is 23.8 Å². The maximum Gasteiger partial charge on any atom is 0.221 e. The van der Waals surface area contributed by atoms with Crippen LogP contribution >= 0.6 is 0 Å². The third-order valence-electron chi connectivity index (χ3n) is 5.45. The normalized spacial score (nSPS) is 14.1. The molecule has 2 aromatic rings. The molecule has 156 valence electrons. The highest BCUT2D eigenvalue weighted by atomic mass is 16.5. The molecule has 0 aromatic heterocycles. The second-order valence-electron chi connectivity index (χ2n) is 7.68. The summed E-state index contributed by atoms with van der Waals surface area (Å²) in [6.45, 7) is 9.95. The molecule has 0 unspecified atom stereocenters. The number of rotatable bonds is 7. The number of nitrogens with zero attached hydrogens (tertiary/aromatic N) is 2. The topological polar surface area (TPSA) is 65.4 Å². The average molecular weight is 404 g/mol. The maximum atomic E-state index is 11.2. The number of hydrogen-bond donors (Lipinski definition) is 1. The molecule has 30 heavy (non-hydrogen) atoms. The van der Waals surface area contributed by atoms with Crippen LogP contribution in [-0.2, 0) is 4.79 Å². The van der Waals surface area contributed by atoms with E-state index >= 15 is 0 Å². The highest BCUT2D eigenvalue weighted by Gasteiger charge is 2.22. The Morgan fingerprint density at radius 2 is 1.93 bits per heavy atom. The molecule has 0 spiro atoms. The first-order valence-electron chi connectivity index (χ1n) is 10.5. The molecule has 0 bridgehead atoms. The third kappa shape index (κ3) is 5.21. The van der Waals surface area contributed by atoms with Gasteiger partial charge in [0, 0.05) is 25.7 Å². The van der Waals surface area contributed by atoms with Crippen molar-refractivity contribution in [2.45, 2.75) is 39.0 Å². The Morgan fingerprint density at radius 3 is 2.53 bits per heavy atom. The van der Waals surface area contributed by atoms with Crippen LogP contribution in [0.2, 0.25) is 0 Å². The predicted molar refractivity (Wildman–Crippen MR) is 120 cm³/mol. The first-order valence-corrected chi connectivity index (χ1v) is 10.5. The minimum absolute atomic E-state index is 0.113. The van der Waals surface area contributed by atoms with E-state index in [2.05, 4.69) is 41.9 Å². The molecule has 1 aliphatic heterocycles. The number of benzene rings is 2. The summed E-state index contributed by atoms with van der Waals surface area (Å²) < 4.78 is 5.66. The molecule has 0 saturated carbocycles. The van der Waals surface area contributed by atoms with Gasteiger partial charge in [0.25, 0.3) is 0 Å². The molecule has 1 saturated heterocycles. The zero-order chi connectivity index (χ0) is 21.5. The van der Waals surface area contributed by atoms with E-state index in [1.54, 1.807) is 0 Å². The van der Waals surface area contributed by atoms with Crippen LogP contribution in [0.1, 0.15) is 55.7 Å². The first kappa shape index (κ1) is 21.4. The molecule has 3 rings (SSSR count). The van der Waals surface area contributed by atoms with Crippen LogP contribution in [0.25, 0.3) is 5.70 Å². The summed E-state index contributed by atoms with van der Waals surface area (Å²) in [4.78, 5) is 13.5. The van der Waals surface area contributed by atoms with Crippen LogP contribution in [0.4, 0.5) is 5.69 Å². The van der Waals surface area contributed by atoms with E-state index in [1.807, 2.05) is 30.3 Å². The van der Waals surface area contributed by atoms with Crippen molar-refractivity contribution in [3.05, 3.63) is 65.7 Å². The number of nitrogens with one attached hydrogen (secondary N) is 1. The standard InChI is InChI=1S/C25H29N3O2/c1-4-15-30-24-9-10-25(23(16-24)17-26)28-13-11-22(12-14-28)21-7-5-20(6-8-21)18(2)27-19(3)29/h5-10,16,22H,2,4,11-15H2,1,3H3,(H,27,29). The smallest absolute Gasteiger partial charge is 0.221 e. The van der Waals surface area contributed by atoms with Crippen LogP contribution in [-0.4, -0.2) is 25.6 Å². The van der Waals surface area contributed by atoms with Crippen molar-refractivity contribution >= 4 is 17.3 Å². The summed E-state index contributed by atoms with van der Waals surface area (Å²) in [5, 5.41) is 12.3. The number of amides is 1. The lowest BCUT2D eigenvalue weighted by atomic mass is 9.88. The molecular formula is C25H29N3O2. The largest absolute Gasteiger partial charge is 0.494 e.